The first kappa shape index (κ1) is 58.1. The third-order valence-corrected chi connectivity index (χ3v) is 11.0. The maximum atomic E-state index is 12.8. The summed E-state index contributed by atoms with van der Waals surface area (Å²) in [6, 6.07) is 0. The highest BCUT2D eigenvalue weighted by Gasteiger charge is 2.19. The van der Waals surface area contributed by atoms with Gasteiger partial charge in [-0.3, -0.25) is 14.4 Å². The monoisotopic (exact) mass is 853 g/mol. The highest BCUT2D eigenvalue weighted by molar-refractivity contribution is 5.71. The largest absolute Gasteiger partial charge is 0.462 e. The van der Waals surface area contributed by atoms with Gasteiger partial charge in [-0.2, -0.15) is 0 Å². The van der Waals surface area contributed by atoms with Gasteiger partial charge in [0.05, 0.1) is 0 Å². The van der Waals surface area contributed by atoms with E-state index in [2.05, 4.69) is 81.5 Å². The van der Waals surface area contributed by atoms with Gasteiger partial charge in [0.25, 0.3) is 0 Å². The van der Waals surface area contributed by atoms with Crippen molar-refractivity contribution in [3.05, 3.63) is 60.8 Å². The van der Waals surface area contributed by atoms with Crippen molar-refractivity contribution in [3.8, 4) is 0 Å². The van der Waals surface area contributed by atoms with Crippen LogP contribution in [0.4, 0.5) is 0 Å². The summed E-state index contributed by atoms with van der Waals surface area (Å²) < 4.78 is 16.8. The SMILES string of the molecule is CC/C=C\C/C=C\C/C=C\C/C=C\CCCCCC(=O)OCC(COC(=O)CCCCCCCCCCCCCC)OC(=O)CCCCCCCCC/C=C\CCCCCC. The average Bonchev–Trinajstić information content (AvgIpc) is 3.26. The number of unbranched alkanes of at least 4 members (excludes halogenated alkanes) is 25. The first-order valence-electron chi connectivity index (χ1n) is 25.8. The Morgan fingerprint density at radius 3 is 1.05 bits per heavy atom. The second-order valence-electron chi connectivity index (χ2n) is 17.1. The molecule has 6 nitrogen and oxygen atoms in total. The lowest BCUT2D eigenvalue weighted by Crippen LogP contribution is -2.30. The molecule has 0 N–H and O–H groups in total. The predicted octanol–water partition coefficient (Wildman–Crippen LogP) is 16.9. The number of ether oxygens (including phenoxy) is 3. The molecule has 352 valence electrons. The molecule has 0 aliphatic carbocycles. The summed E-state index contributed by atoms with van der Waals surface area (Å²) >= 11 is 0. The first-order chi connectivity index (χ1) is 30.0. The minimum absolute atomic E-state index is 0.0843. The highest BCUT2D eigenvalue weighted by Crippen LogP contribution is 2.15. The van der Waals surface area contributed by atoms with E-state index in [1.54, 1.807) is 0 Å². The first-order valence-corrected chi connectivity index (χ1v) is 25.8. The molecule has 0 aromatic carbocycles. The molecule has 0 saturated carbocycles. The van der Waals surface area contributed by atoms with Crippen LogP contribution in [0.3, 0.4) is 0 Å². The van der Waals surface area contributed by atoms with Crippen LogP contribution in [0.25, 0.3) is 0 Å². The molecule has 0 aliphatic heterocycles. The maximum Gasteiger partial charge on any atom is 0.306 e. The highest BCUT2D eigenvalue weighted by atomic mass is 16.6. The zero-order valence-electron chi connectivity index (χ0n) is 40.2. The van der Waals surface area contributed by atoms with Gasteiger partial charge in [0.15, 0.2) is 6.10 Å². The number of allylic oxidation sites excluding steroid dienone is 10. The number of rotatable bonds is 46. The summed E-state index contributed by atoms with van der Waals surface area (Å²) in [6.07, 6.45) is 60.6. The summed E-state index contributed by atoms with van der Waals surface area (Å²) in [6.45, 7) is 6.48. The van der Waals surface area contributed by atoms with E-state index in [0.29, 0.717) is 19.3 Å². The lowest BCUT2D eigenvalue weighted by Gasteiger charge is -2.18. The molecule has 0 fully saturated rings. The quantitative estimate of drug-likeness (QED) is 0.0263. The van der Waals surface area contributed by atoms with Crippen LogP contribution in [0.15, 0.2) is 60.8 Å². The molecule has 0 amide bonds. The van der Waals surface area contributed by atoms with E-state index in [9.17, 15) is 14.4 Å². The van der Waals surface area contributed by atoms with Crippen LogP contribution in [0.1, 0.15) is 252 Å². The van der Waals surface area contributed by atoms with Crippen LogP contribution >= 0.6 is 0 Å². The molecule has 0 aliphatic rings. The third kappa shape index (κ3) is 48.0. The van der Waals surface area contributed by atoms with Gasteiger partial charge in [0, 0.05) is 19.3 Å². The molecule has 0 radical (unpaired) electrons. The smallest absolute Gasteiger partial charge is 0.306 e. The minimum atomic E-state index is -0.786. The van der Waals surface area contributed by atoms with Crippen LogP contribution in [0.5, 0.6) is 0 Å². The lowest BCUT2D eigenvalue weighted by atomic mass is 10.0. The van der Waals surface area contributed by atoms with Crippen molar-refractivity contribution in [2.24, 2.45) is 0 Å². The summed E-state index contributed by atoms with van der Waals surface area (Å²) in [4.78, 5) is 37.9. The molecular weight excluding hydrogens is 757 g/mol. The van der Waals surface area contributed by atoms with Crippen LogP contribution < -0.4 is 0 Å². The zero-order valence-corrected chi connectivity index (χ0v) is 40.2. The molecule has 1 unspecified atom stereocenters. The Labute approximate surface area is 377 Å². The molecule has 6 heteroatoms. The van der Waals surface area contributed by atoms with Crippen LogP contribution in [0, 0.1) is 0 Å². The fourth-order valence-electron chi connectivity index (χ4n) is 7.13. The third-order valence-electron chi connectivity index (χ3n) is 11.0. The number of hydrogen-bond donors (Lipinski definition) is 0. The molecule has 0 aromatic rings. The molecule has 0 bridgehead atoms. The number of carbonyl (C=O) groups excluding carboxylic acids is 3. The molecule has 0 rings (SSSR count). The predicted molar refractivity (Wildman–Crippen MR) is 261 cm³/mol. The van der Waals surface area contributed by atoms with Crippen molar-refractivity contribution in [2.45, 2.75) is 258 Å². The van der Waals surface area contributed by atoms with E-state index >= 15 is 0 Å². The maximum absolute atomic E-state index is 12.8. The summed E-state index contributed by atoms with van der Waals surface area (Å²) in [7, 11) is 0. The molecule has 1 atom stereocenters. The second-order valence-corrected chi connectivity index (χ2v) is 17.1. The van der Waals surface area contributed by atoms with E-state index in [1.165, 1.54) is 122 Å². The van der Waals surface area contributed by atoms with Crippen molar-refractivity contribution in [3.63, 3.8) is 0 Å². The molecule has 0 saturated heterocycles. The van der Waals surface area contributed by atoms with Crippen molar-refractivity contribution >= 4 is 17.9 Å². The van der Waals surface area contributed by atoms with Crippen LogP contribution in [0.2, 0.25) is 0 Å². The van der Waals surface area contributed by atoms with Crippen molar-refractivity contribution in [2.75, 3.05) is 13.2 Å². The van der Waals surface area contributed by atoms with Gasteiger partial charge in [-0.15, -0.1) is 0 Å². The Balaban J connectivity index is 4.43. The summed E-state index contributed by atoms with van der Waals surface area (Å²) in [5.41, 5.74) is 0. The second kappa shape index (κ2) is 49.8. The van der Waals surface area contributed by atoms with Crippen molar-refractivity contribution < 1.29 is 28.6 Å². The number of esters is 3. The van der Waals surface area contributed by atoms with Gasteiger partial charge < -0.3 is 14.2 Å². The van der Waals surface area contributed by atoms with Gasteiger partial charge >= 0.3 is 17.9 Å². The molecule has 0 heterocycles. The van der Waals surface area contributed by atoms with E-state index < -0.39 is 6.10 Å². The Bertz CT molecular complexity index is 1120. The zero-order chi connectivity index (χ0) is 44.4. The normalized spacial score (nSPS) is 12.5. The van der Waals surface area contributed by atoms with Crippen LogP contribution in [-0.4, -0.2) is 37.2 Å². The number of hydrogen-bond acceptors (Lipinski definition) is 6. The van der Waals surface area contributed by atoms with Gasteiger partial charge in [-0.25, -0.2) is 0 Å². The lowest BCUT2D eigenvalue weighted by molar-refractivity contribution is -0.167. The van der Waals surface area contributed by atoms with E-state index in [-0.39, 0.29) is 31.1 Å². The fraction of sp³-hybridized carbons (Fsp3) is 0.764. The summed E-state index contributed by atoms with van der Waals surface area (Å²) in [5, 5.41) is 0. The topological polar surface area (TPSA) is 78.9 Å². The van der Waals surface area contributed by atoms with Crippen molar-refractivity contribution in [1.82, 2.24) is 0 Å². The van der Waals surface area contributed by atoms with Crippen molar-refractivity contribution in [1.29, 1.82) is 0 Å². The van der Waals surface area contributed by atoms with E-state index in [1.807, 2.05) is 0 Å². The van der Waals surface area contributed by atoms with Gasteiger partial charge in [0.2, 0.25) is 0 Å². The number of carbonyl (C=O) groups is 3. The van der Waals surface area contributed by atoms with Crippen LogP contribution in [-0.2, 0) is 28.6 Å². The molecular formula is C55H96O6. The summed E-state index contributed by atoms with van der Waals surface area (Å²) in [5.74, 6) is -0.917. The Kier molecular flexibility index (Phi) is 47.4. The Morgan fingerprint density at radius 2 is 0.639 bits per heavy atom. The fourth-order valence-corrected chi connectivity index (χ4v) is 7.13. The van der Waals surface area contributed by atoms with Gasteiger partial charge in [-0.05, 0) is 83.5 Å². The van der Waals surface area contributed by atoms with E-state index in [4.69, 9.17) is 14.2 Å². The van der Waals surface area contributed by atoms with Gasteiger partial charge in [-0.1, -0.05) is 210 Å². The Hall–Kier alpha value is -2.89. The molecule has 61 heavy (non-hydrogen) atoms. The molecule has 0 spiro atoms. The van der Waals surface area contributed by atoms with E-state index in [0.717, 1.165) is 89.9 Å². The van der Waals surface area contributed by atoms with Gasteiger partial charge in [0.1, 0.15) is 13.2 Å². The standard InChI is InChI=1S/C55H96O6/c1-4-7-10-13-16-19-22-25-27-29-30-33-36-39-42-45-48-54(57)60-51-52(50-59-53(56)47-44-41-38-35-32-24-21-18-15-12-9-6-3)61-55(58)49-46-43-40-37-34-31-28-26-23-20-17-14-11-8-5-2/h7,10,16,19-20,23,25,27,30,33,52H,4-6,8-9,11-15,17-18,21-22,24,26,28-29,31-32,34-51H2,1-3H3/b10-7-,19-16-,23-20-,27-25-,33-30-. The average molecular weight is 853 g/mol. The Morgan fingerprint density at radius 1 is 0.344 bits per heavy atom. The molecule has 0 aromatic heterocycles. The minimum Gasteiger partial charge on any atom is -0.462 e.